The van der Waals surface area contributed by atoms with Gasteiger partial charge >= 0.3 is 5.97 Å². The number of amides is 1. The molecule has 0 unspecified atom stereocenters. The number of hydrogen-bond acceptors (Lipinski definition) is 5. The molecule has 3 rings (SSSR count). The van der Waals surface area contributed by atoms with Crippen LogP contribution in [0.15, 0.2) is 53.2 Å². The summed E-state index contributed by atoms with van der Waals surface area (Å²) in [6.45, 7) is 0.0580. The number of aryl methyl sites for hydroxylation is 1. The van der Waals surface area contributed by atoms with Crippen molar-refractivity contribution in [3.05, 3.63) is 69.2 Å². The second-order valence-electron chi connectivity index (χ2n) is 5.39. The molecule has 0 radical (unpaired) electrons. The highest BCUT2D eigenvalue weighted by atomic mass is 35.5. The van der Waals surface area contributed by atoms with E-state index in [1.807, 2.05) is 40.4 Å². The molecule has 0 saturated heterocycles. The van der Waals surface area contributed by atoms with Gasteiger partial charge in [0.25, 0.3) is 5.91 Å². The van der Waals surface area contributed by atoms with E-state index in [4.69, 9.17) is 16.3 Å². The SMILES string of the molecule is Cn1cc(C(=O)OCC(=O)N=c2sccn2Cc2ccccc2Cl)cn1. The first-order valence-corrected chi connectivity index (χ1v) is 8.89. The van der Waals surface area contributed by atoms with E-state index < -0.39 is 18.5 Å². The van der Waals surface area contributed by atoms with Crippen LogP contribution >= 0.6 is 22.9 Å². The Morgan fingerprint density at radius 1 is 1.35 bits per heavy atom. The number of benzene rings is 1. The van der Waals surface area contributed by atoms with Crippen LogP contribution in [0.4, 0.5) is 0 Å². The van der Waals surface area contributed by atoms with E-state index in [-0.39, 0.29) is 5.56 Å². The lowest BCUT2D eigenvalue weighted by Crippen LogP contribution is -2.20. The van der Waals surface area contributed by atoms with Gasteiger partial charge in [-0.15, -0.1) is 11.3 Å². The predicted molar refractivity (Wildman–Crippen MR) is 96.9 cm³/mol. The summed E-state index contributed by atoms with van der Waals surface area (Å²) in [6.07, 6.45) is 4.71. The summed E-state index contributed by atoms with van der Waals surface area (Å²) in [5, 5.41) is 6.35. The molecule has 26 heavy (non-hydrogen) atoms. The average Bonchev–Trinajstić information content (AvgIpc) is 3.24. The van der Waals surface area contributed by atoms with Gasteiger partial charge in [-0.1, -0.05) is 29.8 Å². The third-order valence-corrected chi connectivity index (χ3v) is 4.61. The minimum absolute atomic E-state index is 0.283. The van der Waals surface area contributed by atoms with Gasteiger partial charge in [-0.05, 0) is 11.6 Å². The van der Waals surface area contributed by atoms with Crippen molar-refractivity contribution >= 4 is 34.8 Å². The third kappa shape index (κ3) is 4.47. The van der Waals surface area contributed by atoms with E-state index in [0.717, 1.165) is 5.56 Å². The fraction of sp³-hybridized carbons (Fsp3) is 0.176. The highest BCUT2D eigenvalue weighted by Gasteiger charge is 2.12. The monoisotopic (exact) mass is 390 g/mol. The van der Waals surface area contributed by atoms with Crippen molar-refractivity contribution in [3.8, 4) is 0 Å². The summed E-state index contributed by atoms with van der Waals surface area (Å²) in [6, 6.07) is 7.47. The van der Waals surface area contributed by atoms with Crippen molar-refractivity contribution < 1.29 is 14.3 Å². The van der Waals surface area contributed by atoms with Gasteiger partial charge < -0.3 is 9.30 Å². The van der Waals surface area contributed by atoms with Gasteiger partial charge in [0.05, 0.1) is 18.3 Å². The Labute approximate surface area is 158 Å². The van der Waals surface area contributed by atoms with E-state index >= 15 is 0 Å². The molecule has 9 heteroatoms. The van der Waals surface area contributed by atoms with Crippen LogP contribution in [-0.2, 0) is 23.1 Å². The quantitative estimate of drug-likeness (QED) is 0.626. The van der Waals surface area contributed by atoms with Gasteiger partial charge in [-0.2, -0.15) is 10.1 Å². The molecule has 0 atom stereocenters. The van der Waals surface area contributed by atoms with Crippen molar-refractivity contribution in [1.82, 2.24) is 14.3 Å². The van der Waals surface area contributed by atoms with Crippen molar-refractivity contribution in [3.63, 3.8) is 0 Å². The molecule has 0 N–H and O–H groups in total. The van der Waals surface area contributed by atoms with E-state index in [1.165, 1.54) is 28.4 Å². The maximum Gasteiger partial charge on any atom is 0.341 e. The molecule has 0 aliphatic carbocycles. The number of esters is 1. The summed E-state index contributed by atoms with van der Waals surface area (Å²) in [7, 11) is 1.69. The van der Waals surface area contributed by atoms with Crippen molar-refractivity contribution in [2.75, 3.05) is 6.61 Å². The first-order valence-electron chi connectivity index (χ1n) is 7.63. The zero-order valence-electron chi connectivity index (χ0n) is 13.8. The van der Waals surface area contributed by atoms with Gasteiger partial charge in [0, 0.05) is 29.8 Å². The van der Waals surface area contributed by atoms with Crippen LogP contribution in [0.5, 0.6) is 0 Å². The maximum absolute atomic E-state index is 12.0. The molecule has 0 aliphatic rings. The van der Waals surface area contributed by atoms with Gasteiger partial charge in [0.1, 0.15) is 0 Å². The second kappa shape index (κ2) is 8.11. The highest BCUT2D eigenvalue weighted by Crippen LogP contribution is 2.15. The fourth-order valence-electron chi connectivity index (χ4n) is 2.19. The lowest BCUT2D eigenvalue weighted by Gasteiger charge is -2.05. The first-order chi connectivity index (χ1) is 12.5. The number of halogens is 1. The van der Waals surface area contributed by atoms with E-state index in [2.05, 4.69) is 10.1 Å². The number of hydrogen-bond donors (Lipinski definition) is 0. The van der Waals surface area contributed by atoms with Crippen LogP contribution in [0.1, 0.15) is 15.9 Å². The molecule has 0 saturated carbocycles. The molecule has 1 aromatic carbocycles. The third-order valence-electron chi connectivity index (χ3n) is 3.45. The van der Waals surface area contributed by atoms with Crippen LogP contribution in [0.25, 0.3) is 0 Å². The number of nitrogens with zero attached hydrogens (tertiary/aromatic N) is 4. The molecule has 0 aliphatic heterocycles. The number of carbonyl (C=O) groups is 2. The number of ether oxygens (including phenoxy) is 1. The van der Waals surface area contributed by atoms with Gasteiger partial charge in [0.2, 0.25) is 0 Å². The number of aromatic nitrogens is 3. The Kier molecular flexibility index (Phi) is 5.65. The van der Waals surface area contributed by atoms with Gasteiger partial charge in [-0.3, -0.25) is 9.48 Å². The van der Waals surface area contributed by atoms with Crippen LogP contribution in [0.2, 0.25) is 5.02 Å². The molecule has 2 heterocycles. The normalized spacial score (nSPS) is 11.5. The van der Waals surface area contributed by atoms with Crippen LogP contribution < -0.4 is 4.80 Å². The summed E-state index contributed by atoms with van der Waals surface area (Å²) in [5.41, 5.74) is 1.20. The molecule has 3 aromatic rings. The topological polar surface area (TPSA) is 78.5 Å². The van der Waals surface area contributed by atoms with Gasteiger partial charge in [0.15, 0.2) is 11.4 Å². The van der Waals surface area contributed by atoms with Crippen LogP contribution in [0, 0.1) is 0 Å². The fourth-order valence-corrected chi connectivity index (χ4v) is 3.13. The number of carbonyl (C=O) groups excluding carboxylic acids is 2. The van der Waals surface area contributed by atoms with E-state index in [9.17, 15) is 9.59 Å². The lowest BCUT2D eigenvalue weighted by molar-refractivity contribution is -0.121. The van der Waals surface area contributed by atoms with Crippen molar-refractivity contribution in [2.45, 2.75) is 6.54 Å². The average molecular weight is 391 g/mol. The van der Waals surface area contributed by atoms with Crippen LogP contribution in [-0.4, -0.2) is 32.8 Å². The molecule has 1 amide bonds. The molecule has 2 aromatic heterocycles. The predicted octanol–water partition coefficient (Wildman–Crippen LogP) is 2.27. The van der Waals surface area contributed by atoms with Crippen LogP contribution in [0.3, 0.4) is 0 Å². The molecule has 134 valence electrons. The first kappa shape index (κ1) is 18.1. The zero-order valence-corrected chi connectivity index (χ0v) is 15.4. The minimum Gasteiger partial charge on any atom is -0.452 e. The molecule has 0 bridgehead atoms. The number of thiazole rings is 1. The standard InChI is InChI=1S/C17H15ClN4O3S/c1-21-9-13(8-19-21)16(24)25-11-15(23)20-17-22(6-7-26-17)10-12-4-2-3-5-14(12)18/h2-9H,10-11H2,1H3. The second-order valence-corrected chi connectivity index (χ2v) is 6.67. The Hall–Kier alpha value is -2.71. The smallest absolute Gasteiger partial charge is 0.341 e. The molecule has 7 nitrogen and oxygen atoms in total. The Balaban J connectivity index is 1.66. The van der Waals surface area contributed by atoms with Crippen molar-refractivity contribution in [2.24, 2.45) is 12.0 Å². The Bertz CT molecular complexity index is 1010. The Morgan fingerprint density at radius 2 is 2.15 bits per heavy atom. The molecule has 0 fully saturated rings. The minimum atomic E-state index is -0.614. The van der Waals surface area contributed by atoms with E-state index in [0.29, 0.717) is 16.4 Å². The van der Waals surface area contributed by atoms with Crippen molar-refractivity contribution in [1.29, 1.82) is 0 Å². The van der Waals surface area contributed by atoms with E-state index in [1.54, 1.807) is 7.05 Å². The summed E-state index contributed by atoms with van der Waals surface area (Å²) >= 11 is 7.49. The summed E-state index contributed by atoms with van der Waals surface area (Å²) in [5.74, 6) is -1.16. The number of rotatable bonds is 5. The lowest BCUT2D eigenvalue weighted by atomic mass is 10.2. The molecule has 0 spiro atoms. The highest BCUT2D eigenvalue weighted by molar-refractivity contribution is 7.07. The Morgan fingerprint density at radius 3 is 2.88 bits per heavy atom. The molecular weight excluding hydrogens is 376 g/mol. The maximum atomic E-state index is 12.0. The molecular formula is C17H15ClN4O3S. The van der Waals surface area contributed by atoms with Gasteiger partial charge in [-0.25, -0.2) is 4.79 Å². The summed E-state index contributed by atoms with van der Waals surface area (Å²) in [4.78, 5) is 28.4. The zero-order chi connectivity index (χ0) is 18.5. The largest absolute Gasteiger partial charge is 0.452 e. The summed E-state index contributed by atoms with van der Waals surface area (Å²) < 4.78 is 8.26.